The van der Waals surface area contributed by atoms with Gasteiger partial charge in [0.05, 0.1) is 11.6 Å². The average molecular weight is 399 g/mol. The third-order valence-corrected chi connectivity index (χ3v) is 5.90. The summed E-state index contributed by atoms with van der Waals surface area (Å²) in [6.45, 7) is 6.38. The molecule has 4 nitrogen and oxygen atoms in total. The molecular formula is C26H25NO3. The molecule has 152 valence electrons. The number of likely N-dealkylation sites (tertiary alicyclic amines) is 1. The van der Waals surface area contributed by atoms with E-state index in [-0.39, 0.29) is 11.3 Å². The summed E-state index contributed by atoms with van der Waals surface area (Å²) in [5.41, 5.74) is 3.68. The third kappa shape index (κ3) is 3.18. The van der Waals surface area contributed by atoms with E-state index in [9.17, 15) is 14.7 Å². The molecule has 4 rings (SSSR count). The lowest BCUT2D eigenvalue weighted by atomic mass is 9.91. The summed E-state index contributed by atoms with van der Waals surface area (Å²) in [6.07, 6.45) is 0.720. The Morgan fingerprint density at radius 2 is 1.70 bits per heavy atom. The van der Waals surface area contributed by atoms with Crippen molar-refractivity contribution in [1.29, 1.82) is 0 Å². The van der Waals surface area contributed by atoms with Crippen molar-refractivity contribution in [1.82, 2.24) is 4.90 Å². The zero-order chi connectivity index (χ0) is 21.4. The van der Waals surface area contributed by atoms with Gasteiger partial charge in [-0.2, -0.15) is 0 Å². The van der Waals surface area contributed by atoms with Gasteiger partial charge in [0, 0.05) is 12.1 Å². The number of nitrogens with zero attached hydrogens (tertiary/aromatic N) is 1. The zero-order valence-electron chi connectivity index (χ0n) is 17.5. The first-order valence-corrected chi connectivity index (χ1v) is 10.3. The van der Waals surface area contributed by atoms with Crippen LogP contribution in [0.1, 0.15) is 41.6 Å². The van der Waals surface area contributed by atoms with E-state index >= 15 is 0 Å². The number of amides is 1. The highest BCUT2D eigenvalue weighted by molar-refractivity contribution is 6.46. The third-order valence-electron chi connectivity index (χ3n) is 5.90. The Morgan fingerprint density at radius 1 is 0.967 bits per heavy atom. The lowest BCUT2D eigenvalue weighted by Crippen LogP contribution is -2.30. The molecule has 1 saturated heterocycles. The predicted molar refractivity (Wildman–Crippen MR) is 119 cm³/mol. The molecule has 1 N–H and O–H groups in total. The minimum Gasteiger partial charge on any atom is -0.507 e. The maximum atomic E-state index is 13.1. The van der Waals surface area contributed by atoms with Gasteiger partial charge in [0.25, 0.3) is 11.7 Å². The van der Waals surface area contributed by atoms with E-state index in [0.29, 0.717) is 12.1 Å². The van der Waals surface area contributed by atoms with Crippen LogP contribution in [-0.4, -0.2) is 28.2 Å². The summed E-state index contributed by atoms with van der Waals surface area (Å²) in [5, 5.41) is 13.2. The maximum Gasteiger partial charge on any atom is 0.295 e. The summed E-state index contributed by atoms with van der Waals surface area (Å²) in [5.74, 6) is -1.30. The molecule has 1 aliphatic heterocycles. The standard InChI is InChI=1S/C26H25NO3/c1-4-14-27-23(21-11-7-9-18-8-5-6-10-20(18)21)22(25(29)26(27)30)24(28)19-13-12-16(2)17(3)15-19/h5-13,15,23,28H,4,14H2,1-3H3/b24-22-. The molecule has 0 bridgehead atoms. The van der Waals surface area contributed by atoms with E-state index < -0.39 is 17.7 Å². The Balaban J connectivity index is 1.98. The predicted octanol–water partition coefficient (Wildman–Crippen LogP) is 5.29. The molecule has 1 amide bonds. The van der Waals surface area contributed by atoms with Crippen LogP contribution in [-0.2, 0) is 9.59 Å². The van der Waals surface area contributed by atoms with Crippen LogP contribution < -0.4 is 0 Å². The number of fused-ring (bicyclic) bond motifs is 1. The number of aliphatic hydroxyl groups is 1. The fourth-order valence-electron chi connectivity index (χ4n) is 4.21. The van der Waals surface area contributed by atoms with Crippen molar-refractivity contribution >= 4 is 28.2 Å². The van der Waals surface area contributed by atoms with Crippen LogP contribution in [0, 0.1) is 13.8 Å². The first kappa shape index (κ1) is 19.9. The Hall–Kier alpha value is -3.40. The smallest absolute Gasteiger partial charge is 0.295 e. The van der Waals surface area contributed by atoms with Gasteiger partial charge >= 0.3 is 0 Å². The number of carbonyl (C=O) groups is 2. The second-order valence-corrected chi connectivity index (χ2v) is 7.86. The summed E-state index contributed by atoms with van der Waals surface area (Å²) in [4.78, 5) is 27.6. The fourth-order valence-corrected chi connectivity index (χ4v) is 4.21. The fraction of sp³-hybridized carbons (Fsp3) is 0.231. The SMILES string of the molecule is CCCN1C(=O)C(=O)/C(=C(\O)c2ccc(C)c(C)c2)C1c1cccc2ccccc12. The van der Waals surface area contributed by atoms with Gasteiger partial charge in [-0.05, 0) is 53.8 Å². The molecule has 0 spiro atoms. The van der Waals surface area contributed by atoms with Crippen molar-refractivity contribution in [3.63, 3.8) is 0 Å². The average Bonchev–Trinajstić information content (AvgIpc) is 3.00. The monoisotopic (exact) mass is 399 g/mol. The minimum atomic E-state index is -0.628. The normalized spacial score (nSPS) is 18.4. The molecule has 0 aliphatic carbocycles. The van der Waals surface area contributed by atoms with Crippen LogP contribution in [0.4, 0.5) is 0 Å². The summed E-state index contributed by atoms with van der Waals surface area (Å²) >= 11 is 0. The number of hydrogen-bond acceptors (Lipinski definition) is 3. The number of aliphatic hydroxyl groups excluding tert-OH is 1. The van der Waals surface area contributed by atoms with Gasteiger partial charge in [-0.3, -0.25) is 9.59 Å². The van der Waals surface area contributed by atoms with Crippen molar-refractivity contribution in [2.24, 2.45) is 0 Å². The molecular weight excluding hydrogens is 374 g/mol. The summed E-state index contributed by atoms with van der Waals surface area (Å²) in [6, 6.07) is 18.7. The topological polar surface area (TPSA) is 57.6 Å². The Kier molecular flexibility index (Phi) is 5.17. The minimum absolute atomic E-state index is 0.118. The molecule has 1 heterocycles. The Morgan fingerprint density at radius 3 is 2.43 bits per heavy atom. The largest absolute Gasteiger partial charge is 0.507 e. The molecule has 4 heteroatoms. The van der Waals surface area contributed by atoms with Crippen molar-refractivity contribution in [3.05, 3.63) is 88.5 Å². The number of hydrogen-bond donors (Lipinski definition) is 1. The molecule has 1 fully saturated rings. The van der Waals surface area contributed by atoms with Gasteiger partial charge in [-0.15, -0.1) is 0 Å². The summed E-state index contributed by atoms with van der Waals surface area (Å²) in [7, 11) is 0. The van der Waals surface area contributed by atoms with Crippen molar-refractivity contribution in [3.8, 4) is 0 Å². The van der Waals surface area contributed by atoms with E-state index in [1.165, 1.54) is 0 Å². The van der Waals surface area contributed by atoms with E-state index in [0.717, 1.165) is 33.9 Å². The lowest BCUT2D eigenvalue weighted by molar-refractivity contribution is -0.139. The molecule has 3 aromatic carbocycles. The van der Waals surface area contributed by atoms with Gasteiger partial charge in [0.1, 0.15) is 5.76 Å². The molecule has 0 radical (unpaired) electrons. The van der Waals surface area contributed by atoms with Crippen LogP contribution >= 0.6 is 0 Å². The molecule has 1 aliphatic rings. The van der Waals surface area contributed by atoms with E-state index in [4.69, 9.17) is 0 Å². The zero-order valence-corrected chi connectivity index (χ0v) is 17.5. The van der Waals surface area contributed by atoms with Crippen molar-refractivity contribution in [2.75, 3.05) is 6.54 Å². The molecule has 1 atom stereocenters. The van der Waals surface area contributed by atoms with Crippen LogP contribution in [0.2, 0.25) is 0 Å². The van der Waals surface area contributed by atoms with Gasteiger partial charge < -0.3 is 10.0 Å². The maximum absolute atomic E-state index is 13.1. The second kappa shape index (κ2) is 7.79. The van der Waals surface area contributed by atoms with Gasteiger partial charge in [-0.25, -0.2) is 0 Å². The highest BCUT2D eigenvalue weighted by Crippen LogP contribution is 2.42. The number of Topliss-reactive ketones (excluding diaryl/α,β-unsaturated/α-hetero) is 1. The Bertz CT molecular complexity index is 1190. The van der Waals surface area contributed by atoms with Gasteiger partial charge in [0.15, 0.2) is 0 Å². The van der Waals surface area contributed by atoms with E-state index in [2.05, 4.69) is 0 Å². The highest BCUT2D eigenvalue weighted by atomic mass is 16.3. The van der Waals surface area contributed by atoms with Crippen LogP contribution in [0.5, 0.6) is 0 Å². The molecule has 3 aromatic rings. The first-order valence-electron chi connectivity index (χ1n) is 10.3. The van der Waals surface area contributed by atoms with Crippen LogP contribution in [0.15, 0.2) is 66.2 Å². The van der Waals surface area contributed by atoms with E-state index in [1.807, 2.05) is 75.4 Å². The number of ketones is 1. The summed E-state index contributed by atoms with van der Waals surface area (Å²) < 4.78 is 0. The number of carbonyl (C=O) groups excluding carboxylic acids is 2. The number of benzene rings is 3. The Labute approximate surface area is 176 Å². The molecule has 1 unspecified atom stereocenters. The van der Waals surface area contributed by atoms with Crippen molar-refractivity contribution < 1.29 is 14.7 Å². The quantitative estimate of drug-likeness (QED) is 0.368. The number of aryl methyl sites for hydroxylation is 2. The van der Waals surface area contributed by atoms with Crippen LogP contribution in [0.25, 0.3) is 16.5 Å². The van der Waals surface area contributed by atoms with Crippen LogP contribution in [0.3, 0.4) is 0 Å². The van der Waals surface area contributed by atoms with Crippen molar-refractivity contribution in [2.45, 2.75) is 33.2 Å². The van der Waals surface area contributed by atoms with E-state index in [1.54, 1.807) is 11.0 Å². The first-order chi connectivity index (χ1) is 14.4. The highest BCUT2D eigenvalue weighted by Gasteiger charge is 2.46. The molecule has 30 heavy (non-hydrogen) atoms. The number of rotatable bonds is 4. The van der Waals surface area contributed by atoms with Gasteiger partial charge in [0.2, 0.25) is 0 Å². The lowest BCUT2D eigenvalue weighted by Gasteiger charge is -2.26. The second-order valence-electron chi connectivity index (χ2n) is 7.86. The molecule has 0 aromatic heterocycles. The van der Waals surface area contributed by atoms with Gasteiger partial charge in [-0.1, -0.05) is 61.5 Å². The molecule has 0 saturated carbocycles.